The van der Waals surface area contributed by atoms with Crippen molar-refractivity contribution in [2.24, 2.45) is 23.2 Å². The Labute approximate surface area is 145 Å². The van der Waals surface area contributed by atoms with Crippen molar-refractivity contribution in [3.05, 3.63) is 41.0 Å². The van der Waals surface area contributed by atoms with Gasteiger partial charge >= 0.3 is 0 Å². The van der Waals surface area contributed by atoms with Crippen molar-refractivity contribution < 1.29 is 10.2 Å². The first-order valence-electron chi connectivity index (χ1n) is 9.58. The predicted molar refractivity (Wildman–Crippen MR) is 97.0 cm³/mol. The number of hydrogen-bond acceptors (Lipinski definition) is 2. The molecule has 0 spiro atoms. The molecule has 0 bridgehead atoms. The molecule has 0 saturated heterocycles. The normalized spacial score (nSPS) is 41.5. The highest BCUT2D eigenvalue weighted by Gasteiger charge is 2.58. The standard InChI is InChI=1S/C22H30O2/c1-4-13(2)19-12-20(24)22(3)10-9-17-16-8-6-15(23)11-14(16)5-7-18(17)21(19)22/h4,6,8,11,17-21,23-24H,5,7,9-10,12H2,1-3H3/t17-,18-,19?,20?,21-,22-/m1/s1. The Morgan fingerprint density at radius 3 is 2.83 bits per heavy atom. The lowest BCUT2D eigenvalue weighted by molar-refractivity contribution is -0.0275. The van der Waals surface area contributed by atoms with Crippen LogP contribution in [0.15, 0.2) is 29.8 Å². The minimum Gasteiger partial charge on any atom is -0.508 e. The second-order valence-corrected chi connectivity index (χ2v) is 8.65. The third-order valence-electron chi connectivity index (χ3n) is 7.72. The van der Waals surface area contributed by atoms with E-state index in [0.29, 0.717) is 29.4 Å². The molecule has 130 valence electrons. The molecule has 2 heteroatoms. The molecule has 0 amide bonds. The van der Waals surface area contributed by atoms with Crippen molar-refractivity contribution >= 4 is 0 Å². The predicted octanol–water partition coefficient (Wildman–Crippen LogP) is 4.80. The third kappa shape index (κ3) is 2.19. The van der Waals surface area contributed by atoms with Gasteiger partial charge in [-0.3, -0.25) is 0 Å². The molecule has 2 saturated carbocycles. The smallest absolute Gasteiger partial charge is 0.115 e. The molecule has 3 aliphatic carbocycles. The van der Waals surface area contributed by atoms with Gasteiger partial charge in [-0.25, -0.2) is 0 Å². The SMILES string of the molecule is CC=C(C)C1CC(O)[C@@]2(C)CC[C@@H]3c4ccc(O)cc4CC[C@H]3[C@H]12. The number of phenolic OH excluding ortho intramolecular Hbond substituents is 1. The molecule has 1 aromatic carbocycles. The van der Waals surface area contributed by atoms with E-state index in [-0.39, 0.29) is 11.5 Å². The Kier molecular flexibility index (Phi) is 3.80. The highest BCUT2D eigenvalue weighted by molar-refractivity contribution is 5.40. The van der Waals surface area contributed by atoms with Crippen molar-refractivity contribution in [3.8, 4) is 5.75 Å². The maximum absolute atomic E-state index is 10.9. The zero-order chi connectivity index (χ0) is 17.1. The molecule has 6 atom stereocenters. The van der Waals surface area contributed by atoms with Crippen molar-refractivity contribution in [2.75, 3.05) is 0 Å². The van der Waals surface area contributed by atoms with Crippen LogP contribution in [-0.4, -0.2) is 16.3 Å². The fraction of sp³-hybridized carbons (Fsp3) is 0.636. The number of fused-ring (bicyclic) bond motifs is 5. The van der Waals surface area contributed by atoms with Crippen LogP contribution in [-0.2, 0) is 6.42 Å². The summed E-state index contributed by atoms with van der Waals surface area (Å²) in [5, 5.41) is 20.7. The molecule has 3 aliphatic rings. The number of benzene rings is 1. The maximum Gasteiger partial charge on any atom is 0.115 e. The first-order chi connectivity index (χ1) is 11.5. The highest BCUT2D eigenvalue weighted by Crippen LogP contribution is 2.63. The van der Waals surface area contributed by atoms with Crippen LogP contribution in [0.4, 0.5) is 0 Å². The van der Waals surface area contributed by atoms with Crippen LogP contribution in [0.1, 0.15) is 63.5 Å². The van der Waals surface area contributed by atoms with Crippen LogP contribution >= 0.6 is 0 Å². The topological polar surface area (TPSA) is 40.5 Å². The number of aryl methyl sites for hydroxylation is 1. The summed E-state index contributed by atoms with van der Waals surface area (Å²) in [5.74, 6) is 2.78. The molecule has 0 heterocycles. The number of allylic oxidation sites excluding steroid dienone is 2. The Morgan fingerprint density at radius 2 is 2.08 bits per heavy atom. The molecule has 24 heavy (non-hydrogen) atoms. The summed E-state index contributed by atoms with van der Waals surface area (Å²) in [6, 6.07) is 5.98. The van der Waals surface area contributed by atoms with Gasteiger partial charge in [0.15, 0.2) is 0 Å². The summed E-state index contributed by atoms with van der Waals surface area (Å²) in [5.41, 5.74) is 4.34. The molecule has 4 rings (SSSR count). The Balaban J connectivity index is 1.75. The molecule has 1 aromatic rings. The summed E-state index contributed by atoms with van der Waals surface area (Å²) in [4.78, 5) is 0. The third-order valence-corrected chi connectivity index (χ3v) is 7.72. The second-order valence-electron chi connectivity index (χ2n) is 8.65. The molecule has 2 unspecified atom stereocenters. The Hall–Kier alpha value is -1.28. The van der Waals surface area contributed by atoms with Gasteiger partial charge in [0.05, 0.1) is 6.10 Å². The summed E-state index contributed by atoms with van der Waals surface area (Å²) < 4.78 is 0. The molecule has 0 aromatic heterocycles. The molecule has 2 N–H and O–H groups in total. The van der Waals surface area contributed by atoms with Gasteiger partial charge in [0.2, 0.25) is 0 Å². The van der Waals surface area contributed by atoms with E-state index in [1.54, 1.807) is 0 Å². The van der Waals surface area contributed by atoms with Gasteiger partial charge < -0.3 is 10.2 Å². The Bertz CT molecular complexity index is 677. The minimum atomic E-state index is -0.162. The van der Waals surface area contributed by atoms with E-state index >= 15 is 0 Å². The molecule has 0 radical (unpaired) electrons. The zero-order valence-corrected chi connectivity index (χ0v) is 15.1. The van der Waals surface area contributed by atoms with Crippen LogP contribution in [0, 0.1) is 23.2 Å². The van der Waals surface area contributed by atoms with Crippen molar-refractivity contribution in [3.63, 3.8) is 0 Å². The number of aliphatic hydroxyl groups excluding tert-OH is 1. The lowest BCUT2D eigenvalue weighted by atomic mass is 9.53. The van der Waals surface area contributed by atoms with Gasteiger partial charge in [0.1, 0.15) is 5.75 Å². The van der Waals surface area contributed by atoms with E-state index in [0.717, 1.165) is 19.3 Å². The average Bonchev–Trinajstić information content (AvgIpc) is 2.85. The van der Waals surface area contributed by atoms with E-state index in [9.17, 15) is 10.2 Å². The largest absolute Gasteiger partial charge is 0.508 e. The maximum atomic E-state index is 10.9. The number of hydrogen-bond donors (Lipinski definition) is 2. The van der Waals surface area contributed by atoms with Gasteiger partial charge in [0.25, 0.3) is 0 Å². The number of aromatic hydroxyl groups is 1. The van der Waals surface area contributed by atoms with E-state index in [4.69, 9.17) is 0 Å². The Morgan fingerprint density at radius 1 is 1.29 bits per heavy atom. The first-order valence-corrected chi connectivity index (χ1v) is 9.58. The fourth-order valence-corrected chi connectivity index (χ4v) is 6.33. The monoisotopic (exact) mass is 326 g/mol. The van der Waals surface area contributed by atoms with E-state index in [1.807, 2.05) is 12.1 Å². The number of phenols is 1. The van der Waals surface area contributed by atoms with Crippen LogP contribution < -0.4 is 0 Å². The number of rotatable bonds is 1. The van der Waals surface area contributed by atoms with Crippen LogP contribution in [0.25, 0.3) is 0 Å². The second kappa shape index (κ2) is 5.62. The highest BCUT2D eigenvalue weighted by atomic mass is 16.3. The van der Waals surface area contributed by atoms with Gasteiger partial charge in [0, 0.05) is 0 Å². The lowest BCUT2D eigenvalue weighted by Gasteiger charge is -2.51. The first kappa shape index (κ1) is 16.2. The molecule has 0 aliphatic heterocycles. The van der Waals surface area contributed by atoms with Gasteiger partial charge in [-0.2, -0.15) is 0 Å². The van der Waals surface area contributed by atoms with Crippen molar-refractivity contribution in [1.29, 1.82) is 0 Å². The number of aliphatic hydroxyl groups is 1. The van der Waals surface area contributed by atoms with Gasteiger partial charge in [-0.15, -0.1) is 0 Å². The van der Waals surface area contributed by atoms with Gasteiger partial charge in [-0.1, -0.05) is 24.6 Å². The quantitative estimate of drug-likeness (QED) is 0.728. The van der Waals surface area contributed by atoms with Crippen LogP contribution in [0.5, 0.6) is 5.75 Å². The van der Waals surface area contributed by atoms with Crippen molar-refractivity contribution in [1.82, 2.24) is 0 Å². The minimum absolute atomic E-state index is 0.0739. The molecular weight excluding hydrogens is 296 g/mol. The average molecular weight is 326 g/mol. The van der Waals surface area contributed by atoms with Gasteiger partial charge in [-0.05, 0) is 98.3 Å². The summed E-state index contributed by atoms with van der Waals surface area (Å²) in [6.45, 7) is 6.73. The van der Waals surface area contributed by atoms with Crippen LogP contribution in [0.2, 0.25) is 0 Å². The molecule has 2 fully saturated rings. The molecular formula is C22H30O2. The van der Waals surface area contributed by atoms with E-state index in [2.05, 4.69) is 32.9 Å². The van der Waals surface area contributed by atoms with E-state index in [1.165, 1.54) is 29.5 Å². The van der Waals surface area contributed by atoms with Crippen molar-refractivity contribution in [2.45, 2.75) is 64.9 Å². The summed E-state index contributed by atoms with van der Waals surface area (Å²) in [7, 11) is 0. The molecule has 2 nitrogen and oxygen atoms in total. The van der Waals surface area contributed by atoms with E-state index < -0.39 is 0 Å². The summed E-state index contributed by atoms with van der Waals surface area (Å²) in [6.07, 6.45) is 7.58. The summed E-state index contributed by atoms with van der Waals surface area (Å²) >= 11 is 0. The van der Waals surface area contributed by atoms with Crippen LogP contribution in [0.3, 0.4) is 0 Å². The fourth-order valence-electron chi connectivity index (χ4n) is 6.33. The lowest BCUT2D eigenvalue weighted by Crippen LogP contribution is -2.45. The zero-order valence-electron chi connectivity index (χ0n) is 15.1.